The van der Waals surface area contributed by atoms with Crippen LogP contribution in [0.3, 0.4) is 0 Å². The van der Waals surface area contributed by atoms with E-state index in [2.05, 4.69) is 18.7 Å². The van der Waals surface area contributed by atoms with Crippen LogP contribution in [0.4, 0.5) is 0 Å². The molecule has 4 unspecified atom stereocenters. The van der Waals surface area contributed by atoms with E-state index >= 15 is 0 Å². The van der Waals surface area contributed by atoms with Gasteiger partial charge < -0.3 is 5.73 Å². The topological polar surface area (TPSA) is 29.3 Å². The highest BCUT2D eigenvalue weighted by atomic mass is 15.2. The van der Waals surface area contributed by atoms with E-state index in [9.17, 15) is 0 Å². The second kappa shape index (κ2) is 4.84. The van der Waals surface area contributed by atoms with Gasteiger partial charge in [-0.05, 0) is 51.0 Å². The molecule has 0 amide bonds. The molecule has 2 heteroatoms. The Kier molecular flexibility index (Phi) is 3.68. The molecule has 4 atom stereocenters. The minimum atomic E-state index is 0.758. The molecule has 2 fully saturated rings. The van der Waals surface area contributed by atoms with Crippen LogP contribution in [0.2, 0.25) is 0 Å². The van der Waals surface area contributed by atoms with Gasteiger partial charge in [0, 0.05) is 18.6 Å². The fourth-order valence-corrected chi connectivity index (χ4v) is 3.49. The normalized spacial score (nSPS) is 43.4. The van der Waals surface area contributed by atoms with Gasteiger partial charge in [-0.3, -0.25) is 4.90 Å². The molecule has 15 heavy (non-hydrogen) atoms. The van der Waals surface area contributed by atoms with Crippen LogP contribution in [-0.2, 0) is 0 Å². The Morgan fingerprint density at radius 3 is 2.53 bits per heavy atom. The van der Waals surface area contributed by atoms with E-state index in [-0.39, 0.29) is 0 Å². The van der Waals surface area contributed by atoms with Crippen molar-refractivity contribution in [3.8, 4) is 0 Å². The fraction of sp³-hybridized carbons (Fsp3) is 1.00. The summed E-state index contributed by atoms with van der Waals surface area (Å²) in [6, 6.07) is 1.65. The highest BCUT2D eigenvalue weighted by Gasteiger charge is 2.35. The van der Waals surface area contributed by atoms with E-state index in [1.165, 1.54) is 38.6 Å². The Morgan fingerprint density at radius 2 is 1.93 bits per heavy atom. The Labute approximate surface area is 94.2 Å². The van der Waals surface area contributed by atoms with Crippen molar-refractivity contribution in [1.82, 2.24) is 4.90 Å². The minimum absolute atomic E-state index is 0.758. The van der Waals surface area contributed by atoms with E-state index in [1.54, 1.807) is 0 Å². The second-order valence-corrected chi connectivity index (χ2v) is 5.70. The predicted molar refractivity (Wildman–Crippen MR) is 64.7 cm³/mol. The van der Waals surface area contributed by atoms with Crippen LogP contribution in [0.15, 0.2) is 0 Å². The molecule has 0 spiro atoms. The molecule has 2 nitrogen and oxygen atoms in total. The monoisotopic (exact) mass is 210 g/mol. The maximum Gasteiger partial charge on any atom is 0.0124 e. The van der Waals surface area contributed by atoms with Gasteiger partial charge in [0.05, 0.1) is 0 Å². The SMILES string of the molecule is CC1CCCC1N1CC(CN)CCC1C. The summed E-state index contributed by atoms with van der Waals surface area (Å²) in [7, 11) is 0. The number of likely N-dealkylation sites (tertiary alicyclic amines) is 1. The first-order valence-electron chi connectivity index (χ1n) is 6.68. The average molecular weight is 210 g/mol. The largest absolute Gasteiger partial charge is 0.330 e. The molecule has 2 aliphatic rings. The Bertz CT molecular complexity index is 205. The van der Waals surface area contributed by atoms with Crippen molar-refractivity contribution in [1.29, 1.82) is 0 Å². The third-order valence-electron chi connectivity index (χ3n) is 4.60. The molecule has 0 aromatic rings. The van der Waals surface area contributed by atoms with E-state index in [0.29, 0.717) is 0 Å². The van der Waals surface area contributed by atoms with Crippen LogP contribution in [0.1, 0.15) is 46.0 Å². The molecule has 2 rings (SSSR count). The smallest absolute Gasteiger partial charge is 0.0124 e. The molecule has 1 saturated carbocycles. The number of piperidine rings is 1. The van der Waals surface area contributed by atoms with Gasteiger partial charge in [0.25, 0.3) is 0 Å². The lowest BCUT2D eigenvalue weighted by Gasteiger charge is -2.43. The van der Waals surface area contributed by atoms with Gasteiger partial charge in [-0.15, -0.1) is 0 Å². The van der Waals surface area contributed by atoms with Gasteiger partial charge in [0.15, 0.2) is 0 Å². The molecule has 88 valence electrons. The van der Waals surface area contributed by atoms with Crippen molar-refractivity contribution in [2.75, 3.05) is 13.1 Å². The summed E-state index contributed by atoms with van der Waals surface area (Å²) in [5, 5.41) is 0. The lowest BCUT2D eigenvalue weighted by atomic mass is 9.90. The molecule has 0 radical (unpaired) electrons. The first-order valence-corrected chi connectivity index (χ1v) is 6.68. The quantitative estimate of drug-likeness (QED) is 0.757. The Hall–Kier alpha value is -0.0800. The van der Waals surface area contributed by atoms with Crippen LogP contribution in [0.5, 0.6) is 0 Å². The number of nitrogens with zero attached hydrogens (tertiary/aromatic N) is 1. The molecular formula is C13H26N2. The summed E-state index contributed by atoms with van der Waals surface area (Å²) in [4.78, 5) is 2.76. The predicted octanol–water partition coefficient (Wildman–Crippen LogP) is 2.23. The van der Waals surface area contributed by atoms with E-state index in [4.69, 9.17) is 5.73 Å². The number of nitrogens with two attached hydrogens (primary N) is 1. The molecular weight excluding hydrogens is 184 g/mol. The summed E-state index contributed by atoms with van der Waals surface area (Å²) in [6.45, 7) is 6.96. The van der Waals surface area contributed by atoms with Gasteiger partial charge >= 0.3 is 0 Å². The maximum absolute atomic E-state index is 5.82. The molecule has 1 saturated heterocycles. The number of hydrogen-bond donors (Lipinski definition) is 1. The maximum atomic E-state index is 5.82. The van der Waals surface area contributed by atoms with Gasteiger partial charge in [-0.25, -0.2) is 0 Å². The average Bonchev–Trinajstić information content (AvgIpc) is 2.65. The zero-order chi connectivity index (χ0) is 10.8. The molecule has 0 aromatic heterocycles. The van der Waals surface area contributed by atoms with Crippen LogP contribution in [0.25, 0.3) is 0 Å². The molecule has 1 heterocycles. The number of rotatable bonds is 2. The van der Waals surface area contributed by atoms with Gasteiger partial charge in [-0.2, -0.15) is 0 Å². The fourth-order valence-electron chi connectivity index (χ4n) is 3.49. The minimum Gasteiger partial charge on any atom is -0.330 e. The second-order valence-electron chi connectivity index (χ2n) is 5.70. The van der Waals surface area contributed by atoms with Crippen molar-refractivity contribution >= 4 is 0 Å². The first-order chi connectivity index (χ1) is 7.22. The number of hydrogen-bond acceptors (Lipinski definition) is 2. The zero-order valence-corrected chi connectivity index (χ0v) is 10.3. The van der Waals surface area contributed by atoms with Crippen LogP contribution >= 0.6 is 0 Å². The van der Waals surface area contributed by atoms with Crippen molar-refractivity contribution < 1.29 is 0 Å². The third-order valence-corrected chi connectivity index (χ3v) is 4.60. The van der Waals surface area contributed by atoms with Crippen molar-refractivity contribution in [3.05, 3.63) is 0 Å². The van der Waals surface area contributed by atoms with Crippen molar-refractivity contribution in [2.24, 2.45) is 17.6 Å². The third kappa shape index (κ3) is 2.36. The Balaban J connectivity index is 1.98. The van der Waals surface area contributed by atoms with Crippen LogP contribution in [0, 0.1) is 11.8 Å². The van der Waals surface area contributed by atoms with Crippen LogP contribution < -0.4 is 5.73 Å². The summed E-state index contributed by atoms with van der Waals surface area (Å²) in [5.74, 6) is 1.66. The Morgan fingerprint density at radius 1 is 1.13 bits per heavy atom. The highest BCUT2D eigenvalue weighted by molar-refractivity contribution is 4.89. The van der Waals surface area contributed by atoms with Crippen molar-refractivity contribution in [2.45, 2.75) is 58.0 Å². The van der Waals surface area contributed by atoms with E-state index in [1.807, 2.05) is 0 Å². The van der Waals surface area contributed by atoms with Gasteiger partial charge in [0.2, 0.25) is 0 Å². The van der Waals surface area contributed by atoms with E-state index in [0.717, 1.165) is 30.5 Å². The molecule has 0 bridgehead atoms. The molecule has 2 N–H and O–H groups in total. The summed E-state index contributed by atoms with van der Waals surface area (Å²) >= 11 is 0. The van der Waals surface area contributed by atoms with Gasteiger partial charge in [-0.1, -0.05) is 13.3 Å². The van der Waals surface area contributed by atoms with Crippen molar-refractivity contribution in [3.63, 3.8) is 0 Å². The highest BCUT2D eigenvalue weighted by Crippen LogP contribution is 2.34. The summed E-state index contributed by atoms with van der Waals surface area (Å²) < 4.78 is 0. The van der Waals surface area contributed by atoms with Crippen LogP contribution in [-0.4, -0.2) is 30.1 Å². The molecule has 1 aliphatic carbocycles. The molecule has 0 aromatic carbocycles. The lowest BCUT2D eigenvalue weighted by molar-refractivity contribution is 0.0590. The summed E-state index contributed by atoms with van der Waals surface area (Å²) in [5.41, 5.74) is 5.82. The van der Waals surface area contributed by atoms with E-state index < -0.39 is 0 Å². The van der Waals surface area contributed by atoms with Gasteiger partial charge in [0.1, 0.15) is 0 Å². The standard InChI is InChI=1S/C13H26N2/c1-10-4-3-5-13(10)15-9-12(8-14)7-6-11(15)2/h10-13H,3-9,14H2,1-2H3. The first kappa shape index (κ1) is 11.4. The summed E-state index contributed by atoms with van der Waals surface area (Å²) in [6.07, 6.45) is 6.98. The lowest BCUT2D eigenvalue weighted by Crippen LogP contribution is -2.50. The zero-order valence-electron chi connectivity index (χ0n) is 10.3. The molecule has 1 aliphatic heterocycles.